The number of primary amides is 1. The molecule has 0 radical (unpaired) electrons. The van der Waals surface area contributed by atoms with Gasteiger partial charge in [0, 0.05) is 0 Å². The van der Waals surface area contributed by atoms with Gasteiger partial charge in [-0.3, -0.25) is 0 Å². The van der Waals surface area contributed by atoms with Crippen LogP contribution in [0.25, 0.3) is 0 Å². The van der Waals surface area contributed by atoms with Crippen LogP contribution >= 0.6 is 0 Å². The van der Waals surface area contributed by atoms with E-state index in [0.717, 1.165) is 42.7 Å². The number of carbonyl (C=O) groups is 1. The molecule has 114 valence electrons. The minimum absolute atomic E-state index is 0.272. The number of ether oxygens (including phenoxy) is 2. The number of urea groups is 1. The third kappa shape index (κ3) is 2.91. The second-order valence-electron chi connectivity index (χ2n) is 5.96. The highest BCUT2D eigenvalue weighted by Gasteiger charge is 2.45. The molecule has 2 amide bonds. The SMILES string of the molecule is COc1ccc(C2(NC(N)=O)CC2)cc1OC1CCCC1. The Morgan fingerprint density at radius 1 is 1.29 bits per heavy atom. The Hall–Kier alpha value is -1.91. The van der Waals surface area contributed by atoms with Gasteiger partial charge in [-0.05, 0) is 56.2 Å². The van der Waals surface area contributed by atoms with Crippen LogP contribution in [0, 0.1) is 0 Å². The van der Waals surface area contributed by atoms with Gasteiger partial charge in [0.15, 0.2) is 11.5 Å². The smallest absolute Gasteiger partial charge is 0.312 e. The van der Waals surface area contributed by atoms with Crippen molar-refractivity contribution in [2.45, 2.75) is 50.2 Å². The molecule has 0 bridgehead atoms. The Kier molecular flexibility index (Phi) is 3.66. The van der Waals surface area contributed by atoms with E-state index >= 15 is 0 Å². The van der Waals surface area contributed by atoms with Crippen molar-refractivity contribution < 1.29 is 14.3 Å². The number of amides is 2. The summed E-state index contributed by atoms with van der Waals surface area (Å²) >= 11 is 0. The Morgan fingerprint density at radius 3 is 2.57 bits per heavy atom. The summed E-state index contributed by atoms with van der Waals surface area (Å²) < 4.78 is 11.5. The quantitative estimate of drug-likeness (QED) is 0.875. The molecule has 0 aliphatic heterocycles. The van der Waals surface area contributed by atoms with Crippen LogP contribution in [0.2, 0.25) is 0 Å². The van der Waals surface area contributed by atoms with Crippen molar-refractivity contribution in [3.8, 4) is 11.5 Å². The average molecular weight is 290 g/mol. The van der Waals surface area contributed by atoms with E-state index in [1.54, 1.807) is 7.11 Å². The zero-order valence-electron chi connectivity index (χ0n) is 12.4. The maximum Gasteiger partial charge on any atom is 0.312 e. The predicted octanol–water partition coefficient (Wildman–Crippen LogP) is 2.67. The topological polar surface area (TPSA) is 73.6 Å². The summed E-state index contributed by atoms with van der Waals surface area (Å²) in [6, 6.07) is 5.38. The lowest BCUT2D eigenvalue weighted by Crippen LogP contribution is -2.38. The maximum absolute atomic E-state index is 11.2. The fourth-order valence-electron chi connectivity index (χ4n) is 3.10. The van der Waals surface area contributed by atoms with Crippen LogP contribution < -0.4 is 20.5 Å². The summed E-state index contributed by atoms with van der Waals surface area (Å²) in [5.74, 6) is 1.50. The molecular formula is C16H22N2O3. The van der Waals surface area contributed by atoms with Crippen LogP contribution in [0.5, 0.6) is 11.5 Å². The summed E-state index contributed by atoms with van der Waals surface area (Å²) in [6.45, 7) is 0. The van der Waals surface area contributed by atoms with Crippen molar-refractivity contribution in [2.24, 2.45) is 5.73 Å². The van der Waals surface area contributed by atoms with E-state index in [1.165, 1.54) is 12.8 Å². The van der Waals surface area contributed by atoms with E-state index in [1.807, 2.05) is 18.2 Å². The Morgan fingerprint density at radius 2 is 2.00 bits per heavy atom. The van der Waals surface area contributed by atoms with Crippen molar-refractivity contribution >= 4 is 6.03 Å². The second-order valence-corrected chi connectivity index (χ2v) is 5.96. The molecule has 0 spiro atoms. The molecule has 2 saturated carbocycles. The summed E-state index contributed by atoms with van der Waals surface area (Å²) in [6.07, 6.45) is 6.72. The summed E-state index contributed by atoms with van der Waals surface area (Å²) in [4.78, 5) is 11.2. The van der Waals surface area contributed by atoms with Gasteiger partial charge in [-0.1, -0.05) is 6.07 Å². The molecular weight excluding hydrogens is 268 g/mol. The summed E-state index contributed by atoms with van der Waals surface area (Å²) in [5.41, 5.74) is 6.00. The molecule has 21 heavy (non-hydrogen) atoms. The molecule has 5 nitrogen and oxygen atoms in total. The molecule has 3 rings (SSSR count). The zero-order chi connectivity index (χ0) is 14.9. The van der Waals surface area contributed by atoms with E-state index in [-0.39, 0.29) is 11.6 Å². The predicted molar refractivity (Wildman–Crippen MR) is 79.5 cm³/mol. The first kappa shape index (κ1) is 14.0. The molecule has 2 aliphatic rings. The lowest BCUT2D eigenvalue weighted by atomic mass is 10.0. The largest absolute Gasteiger partial charge is 0.493 e. The van der Waals surface area contributed by atoms with Gasteiger partial charge < -0.3 is 20.5 Å². The molecule has 1 aromatic carbocycles. The van der Waals surface area contributed by atoms with Crippen molar-refractivity contribution in [3.05, 3.63) is 23.8 Å². The van der Waals surface area contributed by atoms with E-state index in [9.17, 15) is 4.79 Å². The summed E-state index contributed by atoms with van der Waals surface area (Å²) in [5, 5.41) is 2.85. The minimum Gasteiger partial charge on any atom is -0.493 e. The maximum atomic E-state index is 11.2. The van der Waals surface area contributed by atoms with Crippen LogP contribution in [0.15, 0.2) is 18.2 Å². The fraction of sp³-hybridized carbons (Fsp3) is 0.562. The molecule has 5 heteroatoms. The van der Waals surface area contributed by atoms with Gasteiger partial charge in [0.25, 0.3) is 0 Å². The number of hydrogen-bond donors (Lipinski definition) is 2. The van der Waals surface area contributed by atoms with Crippen molar-refractivity contribution in [1.29, 1.82) is 0 Å². The van der Waals surface area contributed by atoms with Gasteiger partial charge in [0.1, 0.15) is 0 Å². The first-order valence-electron chi connectivity index (χ1n) is 7.56. The molecule has 0 atom stereocenters. The first-order chi connectivity index (χ1) is 10.1. The molecule has 0 aromatic heterocycles. The van der Waals surface area contributed by atoms with E-state index in [4.69, 9.17) is 15.2 Å². The van der Waals surface area contributed by atoms with Crippen molar-refractivity contribution in [2.75, 3.05) is 7.11 Å². The Balaban J connectivity index is 1.84. The third-order valence-electron chi connectivity index (χ3n) is 4.42. The van der Waals surface area contributed by atoms with Gasteiger partial charge in [0.2, 0.25) is 0 Å². The number of rotatable bonds is 5. The van der Waals surface area contributed by atoms with Crippen molar-refractivity contribution in [1.82, 2.24) is 5.32 Å². The fourth-order valence-corrected chi connectivity index (χ4v) is 3.10. The number of methoxy groups -OCH3 is 1. The molecule has 0 saturated heterocycles. The average Bonchev–Trinajstić information content (AvgIpc) is 3.04. The van der Waals surface area contributed by atoms with Crippen LogP contribution in [-0.4, -0.2) is 19.2 Å². The van der Waals surface area contributed by atoms with Gasteiger partial charge >= 0.3 is 6.03 Å². The Bertz CT molecular complexity index is 534. The monoisotopic (exact) mass is 290 g/mol. The van der Waals surface area contributed by atoms with Crippen LogP contribution in [-0.2, 0) is 5.54 Å². The highest BCUT2D eigenvalue weighted by Crippen LogP contribution is 2.47. The van der Waals surface area contributed by atoms with Gasteiger partial charge in [-0.25, -0.2) is 4.79 Å². The van der Waals surface area contributed by atoms with Gasteiger partial charge in [-0.15, -0.1) is 0 Å². The lowest BCUT2D eigenvalue weighted by Gasteiger charge is -2.20. The van der Waals surface area contributed by atoms with Gasteiger partial charge in [0.05, 0.1) is 18.8 Å². The number of nitrogens with two attached hydrogens (primary N) is 1. The highest BCUT2D eigenvalue weighted by molar-refractivity contribution is 5.73. The van der Waals surface area contributed by atoms with Crippen LogP contribution in [0.3, 0.4) is 0 Å². The first-order valence-corrected chi connectivity index (χ1v) is 7.56. The molecule has 0 unspecified atom stereocenters. The second kappa shape index (κ2) is 5.47. The minimum atomic E-state index is -0.485. The number of benzene rings is 1. The summed E-state index contributed by atoms with van der Waals surface area (Å²) in [7, 11) is 1.64. The number of nitrogens with one attached hydrogen (secondary N) is 1. The number of hydrogen-bond acceptors (Lipinski definition) is 3. The van der Waals surface area contributed by atoms with Crippen LogP contribution in [0.4, 0.5) is 4.79 Å². The molecule has 1 aromatic rings. The lowest BCUT2D eigenvalue weighted by molar-refractivity contribution is 0.200. The van der Waals surface area contributed by atoms with Crippen molar-refractivity contribution in [3.63, 3.8) is 0 Å². The normalized spacial score (nSPS) is 20.0. The standard InChI is InChI=1S/C16H22N2O3/c1-20-13-7-6-11(16(8-9-16)18-15(17)19)10-14(13)21-12-4-2-3-5-12/h6-7,10,12H,2-5,8-9H2,1H3,(H3,17,18,19). The molecule has 2 aliphatic carbocycles. The van der Waals surface area contributed by atoms with E-state index < -0.39 is 6.03 Å². The Labute approximate surface area is 124 Å². The molecule has 2 fully saturated rings. The van der Waals surface area contributed by atoms with E-state index in [2.05, 4.69) is 5.32 Å². The van der Waals surface area contributed by atoms with Gasteiger partial charge in [-0.2, -0.15) is 0 Å². The molecule has 3 N–H and O–H groups in total. The zero-order valence-corrected chi connectivity index (χ0v) is 12.4. The van der Waals surface area contributed by atoms with E-state index in [0.29, 0.717) is 0 Å². The number of carbonyl (C=O) groups excluding carboxylic acids is 1. The van der Waals surface area contributed by atoms with Crippen LogP contribution in [0.1, 0.15) is 44.1 Å². The highest BCUT2D eigenvalue weighted by atomic mass is 16.5. The molecule has 0 heterocycles. The third-order valence-corrected chi connectivity index (χ3v) is 4.42.